The molecule has 0 saturated carbocycles. The van der Waals surface area contributed by atoms with Crippen LogP contribution in [0.4, 0.5) is 0 Å². The lowest BCUT2D eigenvalue weighted by Gasteiger charge is -2.25. The van der Waals surface area contributed by atoms with E-state index in [0.29, 0.717) is 12.0 Å². The zero-order valence-corrected chi connectivity index (χ0v) is 13.6. The SMILES string of the molecule is CNC(Cc1cc(Cl)ccc1Cl)C1CCc2ccccc21. The van der Waals surface area contributed by atoms with Gasteiger partial charge in [-0.05, 0) is 61.2 Å². The molecule has 1 aliphatic carbocycles. The second kappa shape index (κ2) is 6.39. The highest BCUT2D eigenvalue weighted by atomic mass is 35.5. The van der Waals surface area contributed by atoms with Crippen molar-refractivity contribution in [3.8, 4) is 0 Å². The van der Waals surface area contributed by atoms with Gasteiger partial charge in [0.1, 0.15) is 0 Å². The van der Waals surface area contributed by atoms with Crippen LogP contribution in [0.25, 0.3) is 0 Å². The maximum Gasteiger partial charge on any atom is 0.0439 e. The Hall–Kier alpha value is -1.02. The van der Waals surface area contributed by atoms with Crippen LogP contribution < -0.4 is 5.32 Å². The molecule has 1 nitrogen and oxygen atoms in total. The first-order valence-electron chi connectivity index (χ1n) is 7.38. The fraction of sp³-hybridized carbons (Fsp3) is 0.333. The summed E-state index contributed by atoms with van der Waals surface area (Å²) >= 11 is 12.4. The highest BCUT2D eigenvalue weighted by molar-refractivity contribution is 6.33. The van der Waals surface area contributed by atoms with Gasteiger partial charge in [0.25, 0.3) is 0 Å². The lowest BCUT2D eigenvalue weighted by Crippen LogP contribution is -2.33. The van der Waals surface area contributed by atoms with Gasteiger partial charge in [0.05, 0.1) is 0 Å². The summed E-state index contributed by atoms with van der Waals surface area (Å²) < 4.78 is 0. The molecular formula is C18H19Cl2N. The van der Waals surface area contributed by atoms with E-state index in [1.54, 1.807) is 0 Å². The van der Waals surface area contributed by atoms with Crippen molar-refractivity contribution in [2.75, 3.05) is 7.05 Å². The first-order chi connectivity index (χ1) is 10.2. The lowest BCUT2D eigenvalue weighted by atomic mass is 9.89. The van der Waals surface area contributed by atoms with Crippen molar-refractivity contribution in [3.63, 3.8) is 0 Å². The van der Waals surface area contributed by atoms with Crippen molar-refractivity contribution in [2.24, 2.45) is 0 Å². The van der Waals surface area contributed by atoms with Crippen LogP contribution in [-0.4, -0.2) is 13.1 Å². The van der Waals surface area contributed by atoms with Gasteiger partial charge in [-0.2, -0.15) is 0 Å². The molecule has 0 amide bonds. The van der Waals surface area contributed by atoms with Crippen molar-refractivity contribution < 1.29 is 0 Å². The van der Waals surface area contributed by atoms with E-state index >= 15 is 0 Å². The van der Waals surface area contributed by atoms with E-state index < -0.39 is 0 Å². The number of benzene rings is 2. The Morgan fingerprint density at radius 1 is 1.19 bits per heavy atom. The highest BCUT2D eigenvalue weighted by Gasteiger charge is 2.29. The van der Waals surface area contributed by atoms with E-state index in [9.17, 15) is 0 Å². The van der Waals surface area contributed by atoms with Gasteiger partial charge in [-0.15, -0.1) is 0 Å². The van der Waals surface area contributed by atoms with Crippen molar-refractivity contribution in [1.82, 2.24) is 5.32 Å². The molecule has 0 saturated heterocycles. The third-order valence-electron chi connectivity index (χ3n) is 4.48. The Morgan fingerprint density at radius 3 is 2.81 bits per heavy atom. The molecule has 0 radical (unpaired) electrons. The van der Waals surface area contributed by atoms with E-state index in [2.05, 4.69) is 29.6 Å². The molecule has 1 aliphatic rings. The van der Waals surface area contributed by atoms with E-state index in [4.69, 9.17) is 23.2 Å². The molecule has 110 valence electrons. The van der Waals surface area contributed by atoms with Gasteiger partial charge in [0, 0.05) is 22.0 Å². The van der Waals surface area contributed by atoms with E-state index in [0.717, 1.165) is 22.0 Å². The van der Waals surface area contributed by atoms with Crippen molar-refractivity contribution in [3.05, 3.63) is 69.2 Å². The minimum Gasteiger partial charge on any atom is -0.316 e. The van der Waals surface area contributed by atoms with Crippen molar-refractivity contribution in [1.29, 1.82) is 0 Å². The molecule has 0 bridgehead atoms. The van der Waals surface area contributed by atoms with Crippen LogP contribution >= 0.6 is 23.2 Å². The van der Waals surface area contributed by atoms with Crippen LogP contribution in [0.3, 0.4) is 0 Å². The molecule has 0 spiro atoms. The summed E-state index contributed by atoms with van der Waals surface area (Å²) in [5, 5.41) is 5.02. The molecule has 0 heterocycles. The number of rotatable bonds is 4. The second-order valence-corrected chi connectivity index (χ2v) is 6.52. The van der Waals surface area contributed by atoms with Gasteiger partial charge in [-0.25, -0.2) is 0 Å². The number of aryl methyl sites for hydroxylation is 1. The standard InChI is InChI=1S/C18H19Cl2N/c1-21-18(11-13-10-14(19)7-9-17(13)20)16-8-6-12-4-2-3-5-15(12)16/h2-5,7,9-10,16,18,21H,6,8,11H2,1H3. The molecule has 2 aromatic carbocycles. The Balaban J connectivity index is 1.85. The smallest absolute Gasteiger partial charge is 0.0439 e. The van der Waals surface area contributed by atoms with E-state index in [1.165, 1.54) is 24.0 Å². The zero-order valence-electron chi connectivity index (χ0n) is 12.1. The summed E-state index contributed by atoms with van der Waals surface area (Å²) in [6.45, 7) is 0. The first-order valence-corrected chi connectivity index (χ1v) is 8.13. The number of likely N-dealkylation sites (N-methyl/N-ethyl adjacent to an activating group) is 1. The summed E-state index contributed by atoms with van der Waals surface area (Å²) in [6, 6.07) is 14.9. The van der Waals surface area contributed by atoms with Gasteiger partial charge in [0.15, 0.2) is 0 Å². The second-order valence-electron chi connectivity index (χ2n) is 5.68. The molecule has 0 fully saturated rings. The van der Waals surface area contributed by atoms with E-state index in [1.807, 2.05) is 25.2 Å². The molecule has 3 heteroatoms. The predicted molar refractivity (Wildman–Crippen MR) is 90.5 cm³/mol. The summed E-state index contributed by atoms with van der Waals surface area (Å²) in [7, 11) is 2.03. The van der Waals surface area contributed by atoms with Crippen LogP contribution in [0.5, 0.6) is 0 Å². The Labute approximate surface area is 136 Å². The number of hydrogen-bond acceptors (Lipinski definition) is 1. The Kier molecular flexibility index (Phi) is 4.54. The average molecular weight is 320 g/mol. The number of hydrogen-bond donors (Lipinski definition) is 1. The molecule has 1 N–H and O–H groups in total. The van der Waals surface area contributed by atoms with Crippen LogP contribution in [0.1, 0.15) is 29.0 Å². The van der Waals surface area contributed by atoms with Gasteiger partial charge in [-0.1, -0.05) is 47.5 Å². The molecule has 21 heavy (non-hydrogen) atoms. The van der Waals surface area contributed by atoms with Crippen LogP contribution in [0.15, 0.2) is 42.5 Å². The van der Waals surface area contributed by atoms with Crippen LogP contribution in [0, 0.1) is 0 Å². The van der Waals surface area contributed by atoms with Gasteiger partial charge < -0.3 is 5.32 Å². The average Bonchev–Trinajstić information content (AvgIpc) is 2.92. The maximum atomic E-state index is 6.32. The molecular weight excluding hydrogens is 301 g/mol. The minimum atomic E-state index is 0.379. The fourth-order valence-electron chi connectivity index (χ4n) is 3.39. The summed E-state index contributed by atoms with van der Waals surface area (Å²) in [4.78, 5) is 0. The van der Waals surface area contributed by atoms with Crippen LogP contribution in [0.2, 0.25) is 10.0 Å². The summed E-state index contributed by atoms with van der Waals surface area (Å²) in [5.41, 5.74) is 4.09. The topological polar surface area (TPSA) is 12.0 Å². The quantitative estimate of drug-likeness (QED) is 0.849. The van der Waals surface area contributed by atoms with Crippen molar-refractivity contribution in [2.45, 2.75) is 31.2 Å². The molecule has 2 aromatic rings. The molecule has 0 aliphatic heterocycles. The Morgan fingerprint density at radius 2 is 2.00 bits per heavy atom. The number of halogens is 2. The molecule has 3 rings (SSSR count). The zero-order chi connectivity index (χ0) is 14.8. The van der Waals surface area contributed by atoms with Crippen molar-refractivity contribution >= 4 is 23.2 Å². The third kappa shape index (κ3) is 3.11. The first kappa shape index (κ1) is 14.9. The summed E-state index contributed by atoms with van der Waals surface area (Å²) in [5.74, 6) is 0.543. The maximum absolute atomic E-state index is 6.32. The lowest BCUT2D eigenvalue weighted by molar-refractivity contribution is 0.456. The van der Waals surface area contributed by atoms with Gasteiger partial charge in [0.2, 0.25) is 0 Å². The summed E-state index contributed by atoms with van der Waals surface area (Å²) in [6.07, 6.45) is 3.26. The normalized spacial score (nSPS) is 18.5. The third-order valence-corrected chi connectivity index (χ3v) is 5.09. The monoisotopic (exact) mass is 319 g/mol. The Bertz CT molecular complexity index is 639. The van der Waals surface area contributed by atoms with Gasteiger partial charge in [-0.3, -0.25) is 0 Å². The van der Waals surface area contributed by atoms with E-state index in [-0.39, 0.29) is 0 Å². The molecule has 0 aromatic heterocycles. The number of nitrogens with one attached hydrogen (secondary N) is 1. The fourth-order valence-corrected chi connectivity index (χ4v) is 3.78. The minimum absolute atomic E-state index is 0.379. The molecule has 2 unspecified atom stereocenters. The highest BCUT2D eigenvalue weighted by Crippen LogP contribution is 2.37. The van der Waals surface area contributed by atoms with Crippen LogP contribution in [-0.2, 0) is 12.8 Å². The number of fused-ring (bicyclic) bond motifs is 1. The molecule has 2 atom stereocenters. The van der Waals surface area contributed by atoms with Gasteiger partial charge >= 0.3 is 0 Å². The predicted octanol–water partition coefficient (Wildman–Crippen LogP) is 4.85. The largest absolute Gasteiger partial charge is 0.316 e.